The van der Waals surface area contributed by atoms with Gasteiger partial charge in [-0.15, -0.1) is 11.3 Å². The van der Waals surface area contributed by atoms with Gasteiger partial charge >= 0.3 is 0 Å². The van der Waals surface area contributed by atoms with Crippen molar-refractivity contribution in [1.82, 2.24) is 0 Å². The van der Waals surface area contributed by atoms with Crippen LogP contribution in [0.2, 0.25) is 0 Å². The third-order valence-corrected chi connectivity index (χ3v) is 10.8. The molecule has 0 unspecified atom stereocenters. The van der Waals surface area contributed by atoms with E-state index >= 15 is 0 Å². The van der Waals surface area contributed by atoms with Crippen LogP contribution in [0.15, 0.2) is 182 Å². The molecular formula is C47H33NS. The molecule has 0 amide bonds. The summed E-state index contributed by atoms with van der Waals surface area (Å²) in [5.41, 5.74) is 12.0. The summed E-state index contributed by atoms with van der Waals surface area (Å²) >= 11 is 1.87. The van der Waals surface area contributed by atoms with Crippen LogP contribution in [0, 0.1) is 6.92 Å². The minimum atomic E-state index is 1.12. The molecule has 0 radical (unpaired) electrons. The summed E-state index contributed by atoms with van der Waals surface area (Å²) in [4.78, 5) is 2.44. The van der Waals surface area contributed by atoms with E-state index in [0.29, 0.717) is 0 Å². The second kappa shape index (κ2) is 12.2. The van der Waals surface area contributed by atoms with Crippen molar-refractivity contribution < 1.29 is 0 Å². The largest absolute Gasteiger partial charge is 0.309 e. The van der Waals surface area contributed by atoms with Crippen LogP contribution in [0.5, 0.6) is 0 Å². The zero-order valence-electron chi connectivity index (χ0n) is 27.2. The molecule has 0 fully saturated rings. The van der Waals surface area contributed by atoms with Gasteiger partial charge in [0.2, 0.25) is 0 Å². The molecule has 232 valence electrons. The van der Waals surface area contributed by atoms with Gasteiger partial charge in [0.1, 0.15) is 0 Å². The van der Waals surface area contributed by atoms with Gasteiger partial charge in [0, 0.05) is 26.8 Å². The lowest BCUT2D eigenvalue weighted by Gasteiger charge is -2.27. The summed E-state index contributed by atoms with van der Waals surface area (Å²) < 4.78 is 2.58. The maximum Gasteiger partial charge on any atom is 0.0640 e. The molecule has 1 nitrogen and oxygen atoms in total. The highest BCUT2D eigenvalue weighted by molar-refractivity contribution is 7.26. The molecule has 0 saturated carbocycles. The predicted octanol–water partition coefficient (Wildman–Crippen LogP) is 14.0. The molecule has 9 aromatic rings. The number of thiophene rings is 1. The molecule has 0 N–H and O–H groups in total. The van der Waals surface area contributed by atoms with Gasteiger partial charge in [-0.1, -0.05) is 151 Å². The van der Waals surface area contributed by atoms with Crippen LogP contribution < -0.4 is 4.90 Å². The first-order chi connectivity index (χ1) is 24.2. The van der Waals surface area contributed by atoms with E-state index < -0.39 is 0 Å². The minimum absolute atomic E-state index is 1.12. The molecule has 1 aromatic heterocycles. The van der Waals surface area contributed by atoms with Crippen molar-refractivity contribution in [2.75, 3.05) is 4.90 Å². The normalized spacial score (nSPS) is 11.4. The van der Waals surface area contributed by atoms with Crippen molar-refractivity contribution in [1.29, 1.82) is 0 Å². The highest BCUT2D eigenvalue weighted by Crippen LogP contribution is 2.46. The number of hydrogen-bond donors (Lipinski definition) is 0. The molecule has 9 rings (SSSR count). The Hall–Kier alpha value is -5.96. The van der Waals surface area contributed by atoms with Gasteiger partial charge in [-0.3, -0.25) is 0 Å². The zero-order chi connectivity index (χ0) is 32.7. The molecule has 49 heavy (non-hydrogen) atoms. The Morgan fingerprint density at radius 1 is 0.408 bits per heavy atom. The Morgan fingerprint density at radius 3 is 1.86 bits per heavy atom. The van der Waals surface area contributed by atoms with E-state index in [-0.39, 0.29) is 0 Å². The van der Waals surface area contributed by atoms with Crippen molar-refractivity contribution in [2.45, 2.75) is 6.92 Å². The summed E-state index contributed by atoms with van der Waals surface area (Å²) in [6, 6.07) is 66.4. The van der Waals surface area contributed by atoms with E-state index in [1.165, 1.54) is 75.6 Å². The highest BCUT2D eigenvalue weighted by Gasteiger charge is 2.20. The average Bonchev–Trinajstić information content (AvgIpc) is 3.55. The van der Waals surface area contributed by atoms with Crippen LogP contribution in [0.3, 0.4) is 0 Å². The average molecular weight is 644 g/mol. The first-order valence-electron chi connectivity index (χ1n) is 16.8. The Labute approximate surface area is 291 Å². The van der Waals surface area contributed by atoms with Crippen LogP contribution in [0.4, 0.5) is 17.1 Å². The lowest BCUT2D eigenvalue weighted by molar-refractivity contribution is 1.30. The van der Waals surface area contributed by atoms with E-state index in [9.17, 15) is 0 Å². The summed E-state index contributed by atoms with van der Waals surface area (Å²) in [6.45, 7) is 2.14. The fraction of sp³-hybridized carbons (Fsp3) is 0.0213. The van der Waals surface area contributed by atoms with Gasteiger partial charge in [0.15, 0.2) is 0 Å². The van der Waals surface area contributed by atoms with Crippen molar-refractivity contribution in [3.8, 4) is 33.4 Å². The Morgan fingerprint density at radius 2 is 1.02 bits per heavy atom. The summed E-state index contributed by atoms with van der Waals surface area (Å²) in [7, 11) is 0. The molecule has 0 aliphatic rings. The Kier molecular flexibility index (Phi) is 7.30. The second-order valence-electron chi connectivity index (χ2n) is 12.6. The maximum atomic E-state index is 2.44. The van der Waals surface area contributed by atoms with E-state index in [1.54, 1.807) is 0 Å². The fourth-order valence-electron chi connectivity index (χ4n) is 7.12. The van der Waals surface area contributed by atoms with Crippen LogP contribution in [0.1, 0.15) is 5.56 Å². The van der Waals surface area contributed by atoms with Crippen molar-refractivity contribution in [2.24, 2.45) is 0 Å². The smallest absolute Gasteiger partial charge is 0.0640 e. The molecule has 0 saturated heterocycles. The van der Waals surface area contributed by atoms with Gasteiger partial charge < -0.3 is 4.90 Å². The van der Waals surface area contributed by atoms with Gasteiger partial charge in [-0.05, 0) is 87.5 Å². The Balaban J connectivity index is 1.26. The summed E-state index contributed by atoms with van der Waals surface area (Å²) in [5.74, 6) is 0. The topological polar surface area (TPSA) is 3.24 Å². The minimum Gasteiger partial charge on any atom is -0.309 e. The molecule has 0 atom stereocenters. The standard InChI is InChI=1S/C47H33NS/c1-32-21-23-35(24-22-32)41-30-29-38(31-44(41)34-11-3-2-4-12-34)48(45-19-10-18-43-42-16-7-8-20-46(42)49-47(43)45)37-27-25-36(26-28-37)40-17-9-14-33-13-5-6-15-39(33)40/h2-31H,1H3. The molecule has 0 aliphatic heterocycles. The third kappa shape index (κ3) is 5.27. The lowest BCUT2D eigenvalue weighted by Crippen LogP contribution is -2.10. The predicted molar refractivity (Wildman–Crippen MR) is 213 cm³/mol. The molecule has 0 spiro atoms. The van der Waals surface area contributed by atoms with E-state index in [1.807, 2.05) is 11.3 Å². The zero-order valence-corrected chi connectivity index (χ0v) is 28.0. The molecule has 8 aromatic carbocycles. The number of rotatable bonds is 6. The van der Waals surface area contributed by atoms with Gasteiger partial charge in [-0.2, -0.15) is 0 Å². The number of aryl methyl sites for hydroxylation is 1. The van der Waals surface area contributed by atoms with E-state index in [2.05, 4.69) is 194 Å². The molecule has 1 heterocycles. The maximum absolute atomic E-state index is 2.44. The van der Waals surface area contributed by atoms with E-state index in [0.717, 1.165) is 11.4 Å². The highest BCUT2D eigenvalue weighted by atomic mass is 32.1. The van der Waals surface area contributed by atoms with Crippen LogP contribution >= 0.6 is 11.3 Å². The summed E-state index contributed by atoms with van der Waals surface area (Å²) in [5, 5.41) is 5.11. The van der Waals surface area contributed by atoms with Crippen molar-refractivity contribution in [3.63, 3.8) is 0 Å². The molecular weight excluding hydrogens is 611 g/mol. The fourth-order valence-corrected chi connectivity index (χ4v) is 8.32. The number of anilines is 3. The lowest BCUT2D eigenvalue weighted by atomic mass is 9.93. The van der Waals surface area contributed by atoms with Crippen LogP contribution in [-0.4, -0.2) is 0 Å². The van der Waals surface area contributed by atoms with E-state index in [4.69, 9.17) is 0 Å². The van der Waals surface area contributed by atoms with Crippen molar-refractivity contribution >= 4 is 59.3 Å². The first kappa shape index (κ1) is 29.2. The second-order valence-corrected chi connectivity index (χ2v) is 13.7. The number of nitrogens with zero attached hydrogens (tertiary/aromatic N) is 1. The van der Waals surface area contributed by atoms with Crippen LogP contribution in [0.25, 0.3) is 64.3 Å². The first-order valence-corrected chi connectivity index (χ1v) is 17.6. The molecule has 0 bridgehead atoms. The van der Waals surface area contributed by atoms with Gasteiger partial charge in [0.25, 0.3) is 0 Å². The number of hydrogen-bond acceptors (Lipinski definition) is 2. The molecule has 2 heteroatoms. The number of fused-ring (bicyclic) bond motifs is 4. The van der Waals surface area contributed by atoms with Gasteiger partial charge in [0.05, 0.1) is 10.4 Å². The van der Waals surface area contributed by atoms with Crippen LogP contribution in [-0.2, 0) is 0 Å². The summed E-state index contributed by atoms with van der Waals surface area (Å²) in [6.07, 6.45) is 0. The quantitative estimate of drug-likeness (QED) is 0.174. The van der Waals surface area contributed by atoms with Gasteiger partial charge in [-0.25, -0.2) is 0 Å². The number of benzene rings is 8. The Bertz CT molecular complexity index is 2590. The van der Waals surface area contributed by atoms with Crippen molar-refractivity contribution in [3.05, 3.63) is 188 Å². The third-order valence-electron chi connectivity index (χ3n) is 9.56. The monoisotopic (exact) mass is 643 g/mol. The SMILES string of the molecule is Cc1ccc(-c2ccc(N(c3ccc(-c4cccc5ccccc45)cc3)c3cccc4c3sc3ccccc34)cc2-c2ccccc2)cc1. The molecule has 0 aliphatic carbocycles.